The van der Waals surface area contributed by atoms with Crippen LogP contribution in [0.2, 0.25) is 0 Å². The lowest BCUT2D eigenvalue weighted by molar-refractivity contribution is -0.176. The Labute approximate surface area is 299 Å². The number of rotatable bonds is 13. The molecule has 2 aliphatic heterocycles. The molecule has 1 saturated carbocycles. The third-order valence-corrected chi connectivity index (χ3v) is 11.2. The van der Waals surface area contributed by atoms with E-state index in [0.717, 1.165) is 55.4 Å². The Bertz CT molecular complexity index is 1740. The van der Waals surface area contributed by atoms with Gasteiger partial charge in [-0.2, -0.15) is 0 Å². The molecular weight excluding hydrogens is 656 g/mol. The van der Waals surface area contributed by atoms with Crippen LogP contribution in [0.3, 0.4) is 0 Å². The fraction of sp³-hybridized carbons (Fsp3) is 0.564. The van der Waals surface area contributed by atoms with Gasteiger partial charge >= 0.3 is 11.9 Å². The van der Waals surface area contributed by atoms with Gasteiger partial charge in [0.2, 0.25) is 5.75 Å². The third-order valence-electron chi connectivity index (χ3n) is 11.2. The number of ether oxygens (including phenoxy) is 7. The Balaban J connectivity index is 1.29. The molecule has 12 nitrogen and oxygen atoms in total. The standard InChI is InChI=1S/C39H50N2O10/c1-8-9-10-11-29(42)26-17-25-23-12-13-41-20-22-16-33(51-38(43)21-14-31(46-3)36(48-5)32(15-21)47-4)37(49-6)34(39(44)50-7)24(22)18-28(41)35(23)40-27(25)19-30(26)45-2/h14-15,17,19,22,24,28,33-34,37,40H,8-13,16,18,20H2,1-7H3/t22-,24+,28-,33-,34+,37+/m1/s1. The van der Waals surface area contributed by atoms with Crippen molar-refractivity contribution >= 4 is 28.6 Å². The maximum Gasteiger partial charge on any atom is 0.338 e. The van der Waals surface area contributed by atoms with Gasteiger partial charge < -0.3 is 38.1 Å². The summed E-state index contributed by atoms with van der Waals surface area (Å²) < 4.78 is 39.5. The van der Waals surface area contributed by atoms with Crippen molar-refractivity contribution in [3.63, 3.8) is 0 Å². The number of esters is 2. The third kappa shape index (κ3) is 6.75. The number of aromatic amines is 1. The van der Waals surface area contributed by atoms with Crippen LogP contribution in [0, 0.1) is 17.8 Å². The Hall–Kier alpha value is -4.29. The molecule has 12 heteroatoms. The SMILES string of the molecule is CCCCCC(=O)c1cc2c3c([nH]c2cc1OC)[C@H]1C[C@H]2[C@H](C[C@@H](OC(=O)c4cc(OC)c(OC)c(OC)c4)[C@H](OC)[C@H]2C(=O)OC)CN1CC3. The van der Waals surface area contributed by atoms with E-state index in [1.54, 1.807) is 26.4 Å². The van der Waals surface area contributed by atoms with Gasteiger partial charge in [0.05, 0.1) is 58.6 Å². The summed E-state index contributed by atoms with van der Waals surface area (Å²) in [6.07, 6.45) is 4.05. The minimum absolute atomic E-state index is 0.0279. The maximum absolute atomic E-state index is 13.7. The molecular formula is C39H50N2O10. The van der Waals surface area contributed by atoms with E-state index in [9.17, 15) is 14.4 Å². The first-order valence-corrected chi connectivity index (χ1v) is 17.8. The van der Waals surface area contributed by atoms with Crippen molar-refractivity contribution in [2.75, 3.05) is 55.7 Å². The number of H-pyrrole nitrogens is 1. The summed E-state index contributed by atoms with van der Waals surface area (Å²) in [7, 11) is 8.99. The number of carbonyl (C=O) groups excluding carboxylic acids is 3. The zero-order valence-corrected chi connectivity index (χ0v) is 30.7. The number of hydrogen-bond acceptors (Lipinski definition) is 11. The van der Waals surface area contributed by atoms with E-state index < -0.39 is 24.1 Å². The molecule has 1 N–H and O–H groups in total. The molecule has 0 radical (unpaired) electrons. The first-order valence-electron chi connectivity index (χ1n) is 17.8. The fourth-order valence-electron chi connectivity index (χ4n) is 8.74. The van der Waals surface area contributed by atoms with Crippen LogP contribution in [0.25, 0.3) is 10.9 Å². The van der Waals surface area contributed by atoms with Gasteiger partial charge in [-0.25, -0.2) is 4.79 Å². The average Bonchev–Trinajstić information content (AvgIpc) is 3.52. The normalized spacial score (nSPS) is 24.1. The summed E-state index contributed by atoms with van der Waals surface area (Å²) >= 11 is 0. The molecule has 0 bridgehead atoms. The van der Waals surface area contributed by atoms with E-state index >= 15 is 0 Å². The molecule has 3 aromatic rings. The number of nitrogens with one attached hydrogen (secondary N) is 1. The highest BCUT2D eigenvalue weighted by Crippen LogP contribution is 2.51. The summed E-state index contributed by atoms with van der Waals surface area (Å²) in [6.45, 7) is 3.67. The molecule has 0 spiro atoms. The Morgan fingerprint density at radius 2 is 1.61 bits per heavy atom. The van der Waals surface area contributed by atoms with E-state index in [-0.39, 0.29) is 35.2 Å². The minimum atomic E-state index is -0.715. The van der Waals surface area contributed by atoms with Crippen LogP contribution < -0.4 is 18.9 Å². The molecule has 2 fully saturated rings. The number of hydrogen-bond donors (Lipinski definition) is 1. The summed E-state index contributed by atoms with van der Waals surface area (Å²) in [4.78, 5) is 46.7. The number of Topliss-reactive ketones (excluding diaryl/α,β-unsaturated/α-hetero) is 1. The molecule has 51 heavy (non-hydrogen) atoms. The molecule has 3 heterocycles. The number of nitrogens with zero attached hydrogens (tertiary/aromatic N) is 1. The first-order chi connectivity index (χ1) is 24.7. The Morgan fingerprint density at radius 1 is 0.882 bits per heavy atom. The Kier molecular flexibility index (Phi) is 11.1. The maximum atomic E-state index is 13.7. The number of fused-ring (bicyclic) bond motifs is 6. The van der Waals surface area contributed by atoms with Crippen molar-refractivity contribution in [2.45, 2.75) is 70.1 Å². The fourth-order valence-corrected chi connectivity index (χ4v) is 8.74. The Morgan fingerprint density at radius 3 is 2.24 bits per heavy atom. The van der Waals surface area contributed by atoms with Crippen molar-refractivity contribution in [3.05, 3.63) is 46.6 Å². The number of benzene rings is 2. The lowest BCUT2D eigenvalue weighted by Gasteiger charge is -2.52. The summed E-state index contributed by atoms with van der Waals surface area (Å²) in [5.74, 6) is 0.0486. The predicted octanol–water partition coefficient (Wildman–Crippen LogP) is 5.93. The van der Waals surface area contributed by atoms with E-state index in [1.807, 2.05) is 12.1 Å². The van der Waals surface area contributed by atoms with Gasteiger partial charge in [0.25, 0.3) is 0 Å². The molecule has 1 aromatic heterocycles. The van der Waals surface area contributed by atoms with Crippen LogP contribution in [-0.2, 0) is 25.4 Å². The number of carbonyl (C=O) groups is 3. The highest BCUT2D eigenvalue weighted by Gasteiger charge is 2.54. The summed E-state index contributed by atoms with van der Waals surface area (Å²) in [5, 5.41) is 1.05. The van der Waals surface area contributed by atoms with Crippen LogP contribution in [-0.4, -0.2) is 95.6 Å². The topological polar surface area (TPSA) is 135 Å². The van der Waals surface area contributed by atoms with Crippen molar-refractivity contribution in [3.8, 4) is 23.0 Å². The summed E-state index contributed by atoms with van der Waals surface area (Å²) in [5.41, 5.74) is 4.11. The van der Waals surface area contributed by atoms with Gasteiger partial charge in [-0.1, -0.05) is 19.8 Å². The average molecular weight is 707 g/mol. The van der Waals surface area contributed by atoms with E-state index in [2.05, 4.69) is 16.8 Å². The smallest absolute Gasteiger partial charge is 0.338 e. The lowest BCUT2D eigenvalue weighted by Crippen LogP contribution is -2.58. The van der Waals surface area contributed by atoms with Gasteiger partial charge in [-0.05, 0) is 61.3 Å². The monoisotopic (exact) mass is 706 g/mol. The van der Waals surface area contributed by atoms with Gasteiger partial charge in [0, 0.05) is 49.3 Å². The molecule has 6 atom stereocenters. The number of ketones is 1. The molecule has 2 aromatic carbocycles. The summed E-state index contributed by atoms with van der Waals surface area (Å²) in [6, 6.07) is 7.08. The second-order valence-electron chi connectivity index (χ2n) is 13.8. The zero-order chi connectivity index (χ0) is 36.4. The second-order valence-corrected chi connectivity index (χ2v) is 13.8. The van der Waals surface area contributed by atoms with Crippen molar-refractivity contribution < 1.29 is 47.5 Å². The van der Waals surface area contributed by atoms with Crippen LogP contribution in [0.1, 0.15) is 83.5 Å². The zero-order valence-electron chi connectivity index (χ0n) is 30.7. The number of piperidine rings is 1. The molecule has 3 aliphatic rings. The predicted molar refractivity (Wildman–Crippen MR) is 189 cm³/mol. The first kappa shape index (κ1) is 36.5. The van der Waals surface area contributed by atoms with E-state index in [1.165, 1.54) is 34.0 Å². The molecule has 0 amide bonds. The molecule has 1 aliphatic carbocycles. The molecule has 6 rings (SSSR count). The van der Waals surface area contributed by atoms with E-state index in [0.29, 0.717) is 47.8 Å². The van der Waals surface area contributed by atoms with Crippen molar-refractivity contribution in [1.29, 1.82) is 0 Å². The van der Waals surface area contributed by atoms with Crippen LogP contribution in [0.5, 0.6) is 23.0 Å². The van der Waals surface area contributed by atoms with Crippen LogP contribution in [0.4, 0.5) is 0 Å². The lowest BCUT2D eigenvalue weighted by atomic mass is 9.63. The molecule has 0 unspecified atom stereocenters. The minimum Gasteiger partial charge on any atom is -0.496 e. The molecule has 276 valence electrons. The highest BCUT2D eigenvalue weighted by atomic mass is 16.6. The van der Waals surface area contributed by atoms with Gasteiger partial charge in [-0.15, -0.1) is 0 Å². The van der Waals surface area contributed by atoms with Gasteiger partial charge in [-0.3, -0.25) is 14.5 Å². The van der Waals surface area contributed by atoms with Gasteiger partial charge in [0.1, 0.15) is 18.0 Å². The van der Waals surface area contributed by atoms with E-state index in [4.69, 9.17) is 33.2 Å². The highest BCUT2D eigenvalue weighted by molar-refractivity contribution is 6.03. The quantitative estimate of drug-likeness (QED) is 0.129. The van der Waals surface area contributed by atoms with Crippen LogP contribution >= 0.6 is 0 Å². The second kappa shape index (κ2) is 15.5. The largest absolute Gasteiger partial charge is 0.496 e. The number of methoxy groups -OCH3 is 6. The molecule has 1 saturated heterocycles. The number of unbranched alkanes of at least 4 members (excludes halogenated alkanes) is 2. The van der Waals surface area contributed by atoms with Gasteiger partial charge in [0.15, 0.2) is 17.3 Å². The van der Waals surface area contributed by atoms with Crippen molar-refractivity contribution in [1.82, 2.24) is 9.88 Å². The number of aromatic nitrogens is 1. The van der Waals surface area contributed by atoms with Crippen LogP contribution in [0.15, 0.2) is 24.3 Å². The van der Waals surface area contributed by atoms with Crippen molar-refractivity contribution in [2.24, 2.45) is 17.8 Å².